The zero-order valence-corrected chi connectivity index (χ0v) is 9.02. The molecule has 0 fully saturated rings. The first kappa shape index (κ1) is 10.5. The van der Waals surface area contributed by atoms with E-state index in [-0.39, 0.29) is 0 Å². The van der Waals surface area contributed by atoms with Crippen LogP contribution in [0.5, 0.6) is 5.75 Å². The summed E-state index contributed by atoms with van der Waals surface area (Å²) in [5.41, 5.74) is 2.19. The Balaban J connectivity index is 2.25. The van der Waals surface area contributed by atoms with Gasteiger partial charge in [0, 0.05) is 0 Å². The van der Waals surface area contributed by atoms with E-state index in [1.807, 2.05) is 48.5 Å². The molecule has 0 saturated carbocycles. The summed E-state index contributed by atoms with van der Waals surface area (Å²) in [6.45, 7) is 4.15. The molecule has 0 aliphatic heterocycles. The maximum Gasteiger partial charge on any atom is 0.120 e. The maximum atomic E-state index is 5.49. The molecule has 0 N–H and O–H groups in total. The van der Waals surface area contributed by atoms with Crippen molar-refractivity contribution in [2.75, 3.05) is 6.61 Å². The zero-order chi connectivity index (χ0) is 11.2. The molecule has 0 spiro atoms. The first-order valence-electron chi connectivity index (χ1n) is 5.21. The van der Waals surface area contributed by atoms with E-state index in [0.717, 1.165) is 16.9 Å². The molecule has 1 radical (unpaired) electrons. The maximum absolute atomic E-state index is 5.49. The molecule has 2 aromatic carbocycles. The third-order valence-electron chi connectivity index (χ3n) is 2.22. The summed E-state index contributed by atoms with van der Waals surface area (Å²) >= 11 is 0. The zero-order valence-electron chi connectivity index (χ0n) is 9.02. The summed E-state index contributed by atoms with van der Waals surface area (Å²) in [7, 11) is 0. The summed E-state index contributed by atoms with van der Waals surface area (Å²) in [4.78, 5) is 0. The van der Waals surface area contributed by atoms with E-state index < -0.39 is 0 Å². The second-order valence-electron chi connectivity index (χ2n) is 3.40. The van der Waals surface area contributed by atoms with Gasteiger partial charge in [-0.15, -0.1) is 0 Å². The Morgan fingerprint density at radius 1 is 1.19 bits per heavy atom. The molecule has 0 bridgehead atoms. The van der Waals surface area contributed by atoms with Crippen LogP contribution >= 0.6 is 0 Å². The van der Waals surface area contributed by atoms with Crippen molar-refractivity contribution in [1.29, 1.82) is 0 Å². The van der Waals surface area contributed by atoms with E-state index >= 15 is 0 Å². The van der Waals surface area contributed by atoms with Gasteiger partial charge >= 0.3 is 0 Å². The van der Waals surface area contributed by atoms with Crippen LogP contribution in [-0.2, 0) is 0 Å². The first-order valence-corrected chi connectivity index (χ1v) is 5.21. The molecule has 1 heteroatoms. The van der Waals surface area contributed by atoms with Crippen LogP contribution in [0, 0.1) is 6.07 Å². The number of ether oxygens (including phenoxy) is 1. The molecule has 0 heterocycles. The summed E-state index contributed by atoms with van der Waals surface area (Å²) < 4.78 is 5.49. The third-order valence-corrected chi connectivity index (χ3v) is 2.22. The topological polar surface area (TPSA) is 9.23 Å². The molecule has 2 rings (SSSR count). The normalized spacial score (nSPS) is 9.75. The van der Waals surface area contributed by atoms with E-state index in [4.69, 9.17) is 4.74 Å². The molecule has 0 aliphatic rings. The van der Waals surface area contributed by atoms with Crippen molar-refractivity contribution in [3.63, 3.8) is 0 Å². The van der Waals surface area contributed by atoms with Crippen molar-refractivity contribution in [2.45, 2.75) is 0 Å². The molecule has 79 valence electrons. The smallest absolute Gasteiger partial charge is 0.120 e. The standard InChI is InChI=1S/C15H13O/c1-2-11-16-15-10-6-9-14(12-15)13-7-4-3-5-8-13/h2-7,9-10,12H,1,11H2. The largest absolute Gasteiger partial charge is 0.490 e. The molecule has 16 heavy (non-hydrogen) atoms. The van der Waals surface area contributed by atoms with Crippen molar-refractivity contribution >= 4 is 0 Å². The van der Waals surface area contributed by atoms with Gasteiger partial charge in [0.2, 0.25) is 0 Å². The van der Waals surface area contributed by atoms with Crippen LogP contribution in [0.2, 0.25) is 0 Å². The quantitative estimate of drug-likeness (QED) is 0.697. The van der Waals surface area contributed by atoms with Gasteiger partial charge in [-0.3, -0.25) is 0 Å². The van der Waals surface area contributed by atoms with Crippen LogP contribution in [0.25, 0.3) is 11.1 Å². The van der Waals surface area contributed by atoms with Gasteiger partial charge in [0.1, 0.15) is 12.4 Å². The number of hydrogen-bond acceptors (Lipinski definition) is 1. The Kier molecular flexibility index (Phi) is 3.39. The molecule has 0 unspecified atom stereocenters. The van der Waals surface area contributed by atoms with Crippen LogP contribution in [0.3, 0.4) is 0 Å². The minimum atomic E-state index is 0.530. The van der Waals surface area contributed by atoms with Gasteiger partial charge < -0.3 is 4.74 Å². The van der Waals surface area contributed by atoms with Gasteiger partial charge in [-0.2, -0.15) is 0 Å². The Morgan fingerprint density at radius 3 is 2.88 bits per heavy atom. The highest BCUT2D eigenvalue weighted by Crippen LogP contribution is 2.23. The third kappa shape index (κ3) is 2.51. The van der Waals surface area contributed by atoms with Crippen LogP contribution in [0.1, 0.15) is 0 Å². The summed E-state index contributed by atoms with van der Waals surface area (Å²) in [6.07, 6.45) is 1.74. The van der Waals surface area contributed by atoms with Crippen molar-refractivity contribution in [3.05, 3.63) is 67.3 Å². The van der Waals surface area contributed by atoms with Crippen LogP contribution < -0.4 is 4.74 Å². The molecule has 2 aromatic rings. The fraction of sp³-hybridized carbons (Fsp3) is 0.0667. The first-order chi connectivity index (χ1) is 7.90. The van der Waals surface area contributed by atoms with Crippen LogP contribution in [-0.4, -0.2) is 6.61 Å². The second-order valence-corrected chi connectivity index (χ2v) is 3.40. The lowest BCUT2D eigenvalue weighted by Gasteiger charge is -2.05. The van der Waals surface area contributed by atoms with Gasteiger partial charge in [0.15, 0.2) is 0 Å². The lowest BCUT2D eigenvalue weighted by Crippen LogP contribution is -1.92. The fourth-order valence-corrected chi connectivity index (χ4v) is 1.48. The van der Waals surface area contributed by atoms with E-state index in [1.165, 1.54) is 0 Å². The number of hydrogen-bond donors (Lipinski definition) is 0. The van der Waals surface area contributed by atoms with Crippen molar-refractivity contribution in [3.8, 4) is 16.9 Å². The molecule has 0 atom stereocenters. The molecular formula is C15H13O. The van der Waals surface area contributed by atoms with Crippen molar-refractivity contribution in [2.24, 2.45) is 0 Å². The SMILES string of the molecule is C=CCOc1cccc(-c2[c]cccc2)c1. The molecular weight excluding hydrogens is 196 g/mol. The highest BCUT2D eigenvalue weighted by atomic mass is 16.5. The van der Waals surface area contributed by atoms with Gasteiger partial charge in [-0.25, -0.2) is 0 Å². The summed E-state index contributed by atoms with van der Waals surface area (Å²) in [5.74, 6) is 0.856. The number of rotatable bonds is 4. The predicted molar refractivity (Wildman–Crippen MR) is 66.4 cm³/mol. The van der Waals surface area contributed by atoms with Gasteiger partial charge in [0.05, 0.1) is 0 Å². The minimum absolute atomic E-state index is 0.530. The Hall–Kier alpha value is -2.02. The average Bonchev–Trinajstić information content (AvgIpc) is 2.38. The second kappa shape index (κ2) is 5.17. The Morgan fingerprint density at radius 2 is 2.12 bits per heavy atom. The van der Waals surface area contributed by atoms with E-state index in [0.29, 0.717) is 6.61 Å². The fourth-order valence-electron chi connectivity index (χ4n) is 1.48. The lowest BCUT2D eigenvalue weighted by atomic mass is 10.1. The molecule has 0 amide bonds. The van der Waals surface area contributed by atoms with Crippen molar-refractivity contribution < 1.29 is 4.74 Å². The summed E-state index contributed by atoms with van der Waals surface area (Å²) in [5, 5.41) is 0. The van der Waals surface area contributed by atoms with Gasteiger partial charge in [-0.1, -0.05) is 49.1 Å². The highest BCUT2D eigenvalue weighted by Gasteiger charge is 1.98. The van der Waals surface area contributed by atoms with E-state index in [2.05, 4.69) is 12.6 Å². The molecule has 1 nitrogen and oxygen atoms in total. The summed E-state index contributed by atoms with van der Waals surface area (Å²) in [6, 6.07) is 19.1. The Labute approximate surface area is 96.0 Å². The minimum Gasteiger partial charge on any atom is -0.490 e. The monoisotopic (exact) mass is 209 g/mol. The lowest BCUT2D eigenvalue weighted by molar-refractivity contribution is 0.363. The molecule has 0 aromatic heterocycles. The molecule has 0 saturated heterocycles. The Bertz CT molecular complexity index is 460. The van der Waals surface area contributed by atoms with Crippen LogP contribution in [0.4, 0.5) is 0 Å². The highest BCUT2D eigenvalue weighted by molar-refractivity contribution is 5.64. The van der Waals surface area contributed by atoms with E-state index in [9.17, 15) is 0 Å². The van der Waals surface area contributed by atoms with Gasteiger partial charge in [-0.05, 0) is 29.3 Å². The van der Waals surface area contributed by atoms with Crippen molar-refractivity contribution in [1.82, 2.24) is 0 Å². The predicted octanol–water partition coefficient (Wildman–Crippen LogP) is 3.72. The van der Waals surface area contributed by atoms with E-state index in [1.54, 1.807) is 6.08 Å². The van der Waals surface area contributed by atoms with Gasteiger partial charge in [0.25, 0.3) is 0 Å². The average molecular weight is 209 g/mol. The van der Waals surface area contributed by atoms with Crippen LogP contribution in [0.15, 0.2) is 61.2 Å². The number of benzene rings is 2. The molecule has 0 aliphatic carbocycles.